The fraction of sp³-hybridized carbons (Fsp3) is 0.267. The zero-order valence-electron chi connectivity index (χ0n) is 12.5. The second kappa shape index (κ2) is 6.93. The molecular formula is C15H12ClF3N4O. The minimum atomic E-state index is -4.53. The molecule has 2 rings (SSSR count). The van der Waals surface area contributed by atoms with Gasteiger partial charge in [0.25, 0.3) is 5.56 Å². The predicted molar refractivity (Wildman–Crippen MR) is 83.3 cm³/mol. The molecule has 1 heterocycles. The topological polar surface area (TPSA) is 61.9 Å². The van der Waals surface area contributed by atoms with E-state index in [9.17, 15) is 18.0 Å². The number of benzene rings is 1. The molecule has 0 saturated carbocycles. The standard InChI is InChI=1S/C15H12ClF3N4O/c1-22(7-3-6-20)12-9-21-23(14(24)13(12)16)11-5-2-4-10(8-11)15(17,18)19/h2,4-5,8-9H,3,7H2,1H3. The summed E-state index contributed by atoms with van der Waals surface area (Å²) in [5.74, 6) is 0. The van der Waals surface area contributed by atoms with E-state index in [1.807, 2.05) is 6.07 Å². The number of alkyl halides is 3. The smallest absolute Gasteiger partial charge is 0.371 e. The average molecular weight is 357 g/mol. The van der Waals surface area contributed by atoms with Crippen molar-refractivity contribution in [3.8, 4) is 11.8 Å². The van der Waals surface area contributed by atoms with Gasteiger partial charge in [-0.1, -0.05) is 17.7 Å². The zero-order valence-corrected chi connectivity index (χ0v) is 13.3. The third kappa shape index (κ3) is 3.68. The summed E-state index contributed by atoms with van der Waals surface area (Å²) < 4.78 is 39.2. The Morgan fingerprint density at radius 2 is 2.12 bits per heavy atom. The van der Waals surface area contributed by atoms with Gasteiger partial charge in [-0.25, -0.2) is 0 Å². The number of nitriles is 1. The Hall–Kier alpha value is -2.53. The number of nitrogens with zero attached hydrogens (tertiary/aromatic N) is 4. The van der Waals surface area contributed by atoms with Crippen LogP contribution >= 0.6 is 11.6 Å². The maximum atomic E-state index is 12.8. The minimum absolute atomic E-state index is 0.0389. The SMILES string of the molecule is CN(CCC#N)c1cnn(-c2cccc(C(F)(F)F)c2)c(=O)c1Cl. The van der Waals surface area contributed by atoms with Gasteiger partial charge >= 0.3 is 6.18 Å². The van der Waals surface area contributed by atoms with Crippen molar-refractivity contribution in [3.05, 3.63) is 51.4 Å². The Morgan fingerprint density at radius 1 is 1.42 bits per heavy atom. The third-order valence-electron chi connectivity index (χ3n) is 3.29. The molecule has 0 radical (unpaired) electrons. The van der Waals surface area contributed by atoms with Gasteiger partial charge in [0.1, 0.15) is 5.02 Å². The normalized spacial score (nSPS) is 11.2. The van der Waals surface area contributed by atoms with Crippen LogP contribution in [0, 0.1) is 11.3 Å². The Bertz CT molecular complexity index is 842. The molecule has 2 aromatic rings. The van der Waals surface area contributed by atoms with Crippen molar-refractivity contribution in [1.82, 2.24) is 9.78 Å². The Morgan fingerprint density at radius 3 is 2.75 bits per heavy atom. The molecule has 1 aromatic heterocycles. The maximum Gasteiger partial charge on any atom is 0.416 e. The van der Waals surface area contributed by atoms with Crippen LogP contribution in [-0.4, -0.2) is 23.4 Å². The first kappa shape index (κ1) is 17.8. The number of aromatic nitrogens is 2. The number of hydrogen-bond acceptors (Lipinski definition) is 4. The van der Waals surface area contributed by atoms with Crippen molar-refractivity contribution in [1.29, 1.82) is 5.26 Å². The van der Waals surface area contributed by atoms with Gasteiger partial charge in [-0.2, -0.15) is 28.2 Å². The number of anilines is 1. The molecule has 0 unspecified atom stereocenters. The van der Waals surface area contributed by atoms with Crippen LogP contribution in [-0.2, 0) is 6.18 Å². The summed E-state index contributed by atoms with van der Waals surface area (Å²) >= 11 is 6.03. The molecule has 24 heavy (non-hydrogen) atoms. The molecule has 5 nitrogen and oxygen atoms in total. The van der Waals surface area contributed by atoms with Crippen LogP contribution in [0.1, 0.15) is 12.0 Å². The second-order valence-corrected chi connectivity index (χ2v) is 5.32. The summed E-state index contributed by atoms with van der Waals surface area (Å²) in [6.45, 7) is 0.338. The zero-order chi connectivity index (χ0) is 17.9. The Kier molecular flexibility index (Phi) is 5.14. The van der Waals surface area contributed by atoms with Crippen LogP contribution in [0.5, 0.6) is 0 Å². The summed E-state index contributed by atoms with van der Waals surface area (Å²) in [6, 6.07) is 6.21. The maximum absolute atomic E-state index is 12.8. The van der Waals surface area contributed by atoms with E-state index in [-0.39, 0.29) is 17.1 Å². The lowest BCUT2D eigenvalue weighted by molar-refractivity contribution is -0.137. The van der Waals surface area contributed by atoms with Gasteiger partial charge in [-0.15, -0.1) is 0 Å². The van der Waals surface area contributed by atoms with Crippen molar-refractivity contribution >= 4 is 17.3 Å². The van der Waals surface area contributed by atoms with Gasteiger partial charge in [0.2, 0.25) is 0 Å². The van der Waals surface area contributed by atoms with Gasteiger partial charge < -0.3 is 4.90 Å². The van der Waals surface area contributed by atoms with E-state index in [4.69, 9.17) is 16.9 Å². The molecule has 0 atom stereocenters. The van der Waals surface area contributed by atoms with Crippen LogP contribution in [0.25, 0.3) is 5.69 Å². The van der Waals surface area contributed by atoms with Crippen LogP contribution in [0.4, 0.5) is 18.9 Å². The molecule has 0 spiro atoms. The van der Waals surface area contributed by atoms with Crippen molar-refractivity contribution < 1.29 is 13.2 Å². The summed E-state index contributed by atoms with van der Waals surface area (Å²) in [5.41, 5.74) is -1.36. The quantitative estimate of drug-likeness (QED) is 0.843. The lowest BCUT2D eigenvalue weighted by Gasteiger charge is -2.19. The largest absolute Gasteiger partial charge is 0.416 e. The fourth-order valence-corrected chi connectivity index (χ4v) is 2.30. The highest BCUT2D eigenvalue weighted by atomic mass is 35.5. The first-order valence-electron chi connectivity index (χ1n) is 6.79. The molecule has 0 amide bonds. The van der Waals surface area contributed by atoms with Crippen LogP contribution in [0.2, 0.25) is 5.02 Å². The van der Waals surface area contributed by atoms with Crippen LogP contribution < -0.4 is 10.5 Å². The molecule has 0 fully saturated rings. The van der Waals surface area contributed by atoms with Gasteiger partial charge in [-0.3, -0.25) is 4.79 Å². The molecule has 0 saturated heterocycles. The van der Waals surface area contributed by atoms with Crippen LogP contribution in [0.15, 0.2) is 35.3 Å². The van der Waals surface area contributed by atoms with Gasteiger partial charge in [0.05, 0.1) is 35.6 Å². The Balaban J connectivity index is 2.46. The summed E-state index contributed by atoms with van der Waals surface area (Å²) in [7, 11) is 1.63. The number of rotatable bonds is 4. The van der Waals surface area contributed by atoms with Gasteiger partial charge in [-0.05, 0) is 18.2 Å². The molecule has 0 bridgehead atoms. The van der Waals surface area contributed by atoms with Gasteiger partial charge in [0, 0.05) is 13.6 Å². The number of hydrogen-bond donors (Lipinski definition) is 0. The van der Waals surface area contributed by atoms with Gasteiger partial charge in [0.15, 0.2) is 0 Å². The number of halogens is 4. The molecule has 0 aliphatic rings. The summed E-state index contributed by atoms with van der Waals surface area (Å²) in [5, 5.41) is 12.3. The van der Waals surface area contributed by atoms with Crippen molar-refractivity contribution in [2.45, 2.75) is 12.6 Å². The summed E-state index contributed by atoms with van der Waals surface area (Å²) in [4.78, 5) is 13.9. The lowest BCUT2D eigenvalue weighted by atomic mass is 10.2. The lowest BCUT2D eigenvalue weighted by Crippen LogP contribution is -2.27. The van der Waals surface area contributed by atoms with E-state index in [1.165, 1.54) is 18.3 Å². The van der Waals surface area contributed by atoms with E-state index in [0.29, 0.717) is 12.2 Å². The predicted octanol–water partition coefficient (Wildman–Crippen LogP) is 3.25. The Labute approximate surface area is 140 Å². The molecule has 9 heteroatoms. The first-order chi connectivity index (χ1) is 11.3. The second-order valence-electron chi connectivity index (χ2n) is 4.94. The highest BCUT2D eigenvalue weighted by Gasteiger charge is 2.30. The molecule has 0 aliphatic heterocycles. The van der Waals surface area contributed by atoms with E-state index in [2.05, 4.69) is 5.10 Å². The molecule has 0 N–H and O–H groups in total. The molecule has 0 aliphatic carbocycles. The van der Waals surface area contributed by atoms with Crippen molar-refractivity contribution in [3.63, 3.8) is 0 Å². The highest BCUT2D eigenvalue weighted by Crippen LogP contribution is 2.30. The average Bonchev–Trinajstić information content (AvgIpc) is 2.54. The fourth-order valence-electron chi connectivity index (χ4n) is 2.03. The van der Waals surface area contributed by atoms with E-state index < -0.39 is 17.3 Å². The van der Waals surface area contributed by atoms with E-state index >= 15 is 0 Å². The molecule has 1 aromatic carbocycles. The first-order valence-corrected chi connectivity index (χ1v) is 7.17. The summed E-state index contributed by atoms with van der Waals surface area (Å²) in [6.07, 6.45) is -3.02. The molecule has 126 valence electrons. The monoisotopic (exact) mass is 356 g/mol. The highest BCUT2D eigenvalue weighted by molar-refractivity contribution is 6.33. The van der Waals surface area contributed by atoms with Crippen molar-refractivity contribution in [2.75, 3.05) is 18.5 Å². The van der Waals surface area contributed by atoms with Crippen molar-refractivity contribution in [2.24, 2.45) is 0 Å². The van der Waals surface area contributed by atoms with E-state index in [0.717, 1.165) is 16.8 Å². The third-order valence-corrected chi connectivity index (χ3v) is 3.64. The molecular weight excluding hydrogens is 345 g/mol. The van der Waals surface area contributed by atoms with E-state index in [1.54, 1.807) is 11.9 Å². The van der Waals surface area contributed by atoms with Crippen LogP contribution in [0.3, 0.4) is 0 Å². The minimum Gasteiger partial charge on any atom is -0.371 e.